The van der Waals surface area contributed by atoms with Gasteiger partial charge in [-0.2, -0.15) is 5.10 Å². The number of rotatable bonds is 3. The predicted molar refractivity (Wildman–Crippen MR) is 103 cm³/mol. The van der Waals surface area contributed by atoms with E-state index in [1.807, 2.05) is 36.1 Å². The molecule has 1 N–H and O–H groups in total. The molecule has 0 bridgehead atoms. The Morgan fingerprint density at radius 3 is 2.65 bits per heavy atom. The lowest BCUT2D eigenvalue weighted by atomic mass is 9.97. The average Bonchev–Trinajstić information content (AvgIpc) is 2.97. The SMILES string of the molecule is Cc1c(-c2ccc(Cl)cc2)n[nH]c1C(=O)N1CC(N2CCCC[C@H]2C)C1. The van der Waals surface area contributed by atoms with Gasteiger partial charge in [-0.3, -0.25) is 14.8 Å². The molecule has 2 saturated heterocycles. The molecular weight excluding hydrogens is 348 g/mol. The van der Waals surface area contributed by atoms with Gasteiger partial charge in [0.05, 0.1) is 5.69 Å². The van der Waals surface area contributed by atoms with Crippen LogP contribution in [0.25, 0.3) is 11.3 Å². The van der Waals surface area contributed by atoms with E-state index in [4.69, 9.17) is 11.6 Å². The normalized spacial score (nSPS) is 21.7. The standard InChI is InChI=1S/C20H25ClN4O/c1-13-5-3-4-10-25(13)17-11-24(12-17)20(26)19-14(2)18(22-23-19)15-6-8-16(21)9-7-15/h6-9,13,17H,3-5,10-12H2,1-2H3,(H,22,23)/t13-/m1/s1. The molecule has 1 aromatic carbocycles. The van der Waals surface area contributed by atoms with Crippen LogP contribution in [0, 0.1) is 6.92 Å². The number of amides is 1. The monoisotopic (exact) mass is 372 g/mol. The van der Waals surface area contributed by atoms with Crippen molar-refractivity contribution in [1.29, 1.82) is 0 Å². The van der Waals surface area contributed by atoms with Gasteiger partial charge in [-0.25, -0.2) is 0 Å². The van der Waals surface area contributed by atoms with E-state index in [0.29, 0.717) is 22.8 Å². The summed E-state index contributed by atoms with van der Waals surface area (Å²) in [5.74, 6) is 0.0520. The molecule has 2 aliphatic rings. The maximum absolute atomic E-state index is 12.9. The molecule has 1 atom stereocenters. The number of piperidine rings is 1. The van der Waals surface area contributed by atoms with Gasteiger partial charge < -0.3 is 4.90 Å². The molecule has 26 heavy (non-hydrogen) atoms. The van der Waals surface area contributed by atoms with Gasteiger partial charge in [0.25, 0.3) is 5.91 Å². The van der Waals surface area contributed by atoms with Gasteiger partial charge in [0.2, 0.25) is 0 Å². The highest BCUT2D eigenvalue weighted by Gasteiger charge is 2.38. The highest BCUT2D eigenvalue weighted by Crippen LogP contribution is 2.28. The Bertz CT molecular complexity index is 795. The molecule has 3 heterocycles. The molecule has 2 aliphatic heterocycles. The van der Waals surface area contributed by atoms with E-state index in [1.54, 1.807) is 0 Å². The molecule has 0 aliphatic carbocycles. The number of nitrogens with one attached hydrogen (secondary N) is 1. The number of halogens is 1. The minimum Gasteiger partial charge on any atom is -0.334 e. The van der Waals surface area contributed by atoms with Crippen molar-refractivity contribution in [3.05, 3.63) is 40.5 Å². The Balaban J connectivity index is 1.44. The highest BCUT2D eigenvalue weighted by atomic mass is 35.5. The van der Waals surface area contributed by atoms with Crippen molar-refractivity contribution in [1.82, 2.24) is 20.0 Å². The lowest BCUT2D eigenvalue weighted by Gasteiger charge is -2.49. The van der Waals surface area contributed by atoms with Crippen molar-refractivity contribution in [3.8, 4) is 11.3 Å². The topological polar surface area (TPSA) is 52.2 Å². The van der Waals surface area contributed by atoms with Crippen LogP contribution in [0.3, 0.4) is 0 Å². The smallest absolute Gasteiger partial charge is 0.272 e. The zero-order valence-corrected chi connectivity index (χ0v) is 16.1. The fourth-order valence-electron chi connectivity index (χ4n) is 4.15. The molecule has 4 rings (SSSR count). The summed E-state index contributed by atoms with van der Waals surface area (Å²) in [6, 6.07) is 8.68. The van der Waals surface area contributed by atoms with Crippen LogP contribution in [-0.2, 0) is 0 Å². The lowest BCUT2D eigenvalue weighted by Crippen LogP contribution is -2.63. The van der Waals surface area contributed by atoms with Crippen LogP contribution in [0.15, 0.2) is 24.3 Å². The second-order valence-corrected chi connectivity index (χ2v) is 7.96. The third-order valence-corrected chi connectivity index (χ3v) is 6.07. The molecule has 5 nitrogen and oxygen atoms in total. The van der Waals surface area contributed by atoms with Gasteiger partial charge >= 0.3 is 0 Å². The number of aromatic amines is 1. The van der Waals surface area contributed by atoms with E-state index in [-0.39, 0.29) is 5.91 Å². The quantitative estimate of drug-likeness (QED) is 0.892. The number of likely N-dealkylation sites (tertiary alicyclic amines) is 2. The van der Waals surface area contributed by atoms with Gasteiger partial charge in [-0.05, 0) is 45.4 Å². The van der Waals surface area contributed by atoms with Crippen LogP contribution >= 0.6 is 11.6 Å². The van der Waals surface area contributed by atoms with Crippen molar-refractivity contribution >= 4 is 17.5 Å². The molecular formula is C20H25ClN4O. The number of benzene rings is 1. The fraction of sp³-hybridized carbons (Fsp3) is 0.500. The summed E-state index contributed by atoms with van der Waals surface area (Å²) < 4.78 is 0. The van der Waals surface area contributed by atoms with Crippen LogP contribution in [0.1, 0.15) is 42.2 Å². The second-order valence-electron chi connectivity index (χ2n) is 7.53. The van der Waals surface area contributed by atoms with Gasteiger partial charge in [-0.15, -0.1) is 0 Å². The lowest BCUT2D eigenvalue weighted by molar-refractivity contribution is 0.00177. The molecule has 138 valence electrons. The molecule has 0 unspecified atom stereocenters. The number of carbonyl (C=O) groups excluding carboxylic acids is 1. The summed E-state index contributed by atoms with van der Waals surface area (Å²) in [6.45, 7) is 7.05. The molecule has 1 aromatic heterocycles. The van der Waals surface area contributed by atoms with E-state index in [9.17, 15) is 4.79 Å². The molecule has 6 heteroatoms. The number of H-pyrrole nitrogens is 1. The first-order valence-electron chi connectivity index (χ1n) is 9.40. The first kappa shape index (κ1) is 17.6. The molecule has 1 amide bonds. The first-order chi connectivity index (χ1) is 12.5. The molecule has 0 spiro atoms. The number of aromatic nitrogens is 2. The number of carbonyl (C=O) groups is 1. The summed E-state index contributed by atoms with van der Waals surface area (Å²) in [5, 5.41) is 8.02. The van der Waals surface area contributed by atoms with E-state index >= 15 is 0 Å². The second kappa shape index (κ2) is 7.05. The molecule has 2 aromatic rings. The minimum absolute atomic E-state index is 0.0520. The molecule has 2 fully saturated rings. The Kier molecular flexibility index (Phi) is 4.76. The van der Waals surface area contributed by atoms with E-state index < -0.39 is 0 Å². The van der Waals surface area contributed by atoms with Gasteiger partial charge in [-0.1, -0.05) is 30.2 Å². The predicted octanol–water partition coefficient (Wildman–Crippen LogP) is 3.74. The fourth-order valence-corrected chi connectivity index (χ4v) is 4.27. The van der Waals surface area contributed by atoms with Crippen molar-refractivity contribution in [2.75, 3.05) is 19.6 Å². The molecule has 0 radical (unpaired) electrons. The Hall–Kier alpha value is -1.85. The number of nitrogens with zero attached hydrogens (tertiary/aromatic N) is 3. The van der Waals surface area contributed by atoms with Crippen molar-refractivity contribution < 1.29 is 4.79 Å². The maximum atomic E-state index is 12.9. The average molecular weight is 373 g/mol. The summed E-state index contributed by atoms with van der Waals surface area (Å²) in [6.07, 6.45) is 3.88. The first-order valence-corrected chi connectivity index (χ1v) is 9.78. The van der Waals surface area contributed by atoms with E-state index in [2.05, 4.69) is 22.0 Å². The summed E-state index contributed by atoms with van der Waals surface area (Å²) >= 11 is 5.96. The van der Waals surface area contributed by atoms with Crippen LogP contribution in [0.5, 0.6) is 0 Å². The summed E-state index contributed by atoms with van der Waals surface area (Å²) in [4.78, 5) is 17.4. The maximum Gasteiger partial charge on any atom is 0.272 e. The Labute approximate surface area is 159 Å². The third-order valence-electron chi connectivity index (χ3n) is 5.81. The van der Waals surface area contributed by atoms with Gasteiger partial charge in [0, 0.05) is 41.3 Å². The minimum atomic E-state index is 0.0520. The Morgan fingerprint density at radius 2 is 1.96 bits per heavy atom. The molecule has 0 saturated carbocycles. The zero-order chi connectivity index (χ0) is 18.3. The van der Waals surface area contributed by atoms with Crippen molar-refractivity contribution in [2.24, 2.45) is 0 Å². The highest BCUT2D eigenvalue weighted by molar-refractivity contribution is 6.30. The largest absolute Gasteiger partial charge is 0.334 e. The van der Waals surface area contributed by atoms with Crippen LogP contribution in [0.2, 0.25) is 5.02 Å². The number of hydrogen-bond acceptors (Lipinski definition) is 3. The summed E-state index contributed by atoms with van der Waals surface area (Å²) in [7, 11) is 0. The van der Waals surface area contributed by atoms with Gasteiger partial charge in [0.15, 0.2) is 0 Å². The van der Waals surface area contributed by atoms with E-state index in [0.717, 1.165) is 36.5 Å². The van der Waals surface area contributed by atoms with Crippen LogP contribution in [0.4, 0.5) is 0 Å². The zero-order valence-electron chi connectivity index (χ0n) is 15.3. The van der Waals surface area contributed by atoms with Crippen LogP contribution < -0.4 is 0 Å². The Morgan fingerprint density at radius 1 is 1.23 bits per heavy atom. The summed E-state index contributed by atoms with van der Waals surface area (Å²) in [5.41, 5.74) is 3.27. The van der Waals surface area contributed by atoms with E-state index in [1.165, 1.54) is 19.3 Å². The van der Waals surface area contributed by atoms with Crippen molar-refractivity contribution in [3.63, 3.8) is 0 Å². The van der Waals surface area contributed by atoms with Crippen molar-refractivity contribution in [2.45, 2.75) is 45.2 Å². The van der Waals surface area contributed by atoms with Gasteiger partial charge in [0.1, 0.15) is 5.69 Å². The number of hydrogen-bond donors (Lipinski definition) is 1. The third kappa shape index (κ3) is 3.14. The van der Waals surface area contributed by atoms with Crippen LogP contribution in [-0.4, -0.2) is 57.6 Å².